The highest BCUT2D eigenvalue weighted by Crippen LogP contribution is 2.34. The van der Waals surface area contributed by atoms with Crippen LogP contribution in [0.1, 0.15) is 24.1 Å². The first-order chi connectivity index (χ1) is 11.1. The standard InChI is InChI=1S/C16H18FN5O/c17-11-4-1-10(2-5-11)3-6-12-7-8-13-14(22(12)9-23)15(18)21-16(19)20-13/h1-2,4-5,9,12H,3,6-8H2,(H4,18,19,20,21). The van der Waals surface area contributed by atoms with Gasteiger partial charge in [-0.15, -0.1) is 0 Å². The van der Waals surface area contributed by atoms with E-state index in [1.807, 2.05) is 0 Å². The van der Waals surface area contributed by atoms with Crippen molar-refractivity contribution in [3.8, 4) is 0 Å². The van der Waals surface area contributed by atoms with Crippen molar-refractivity contribution in [2.24, 2.45) is 0 Å². The Hall–Kier alpha value is -2.70. The van der Waals surface area contributed by atoms with Crippen LogP contribution in [0.4, 0.5) is 21.8 Å². The zero-order valence-corrected chi connectivity index (χ0v) is 12.6. The number of rotatable bonds is 4. The molecule has 2 heterocycles. The zero-order chi connectivity index (χ0) is 16.4. The first-order valence-electron chi connectivity index (χ1n) is 7.48. The number of carbonyl (C=O) groups excluding carboxylic acids is 1. The van der Waals surface area contributed by atoms with Crippen molar-refractivity contribution in [1.29, 1.82) is 0 Å². The molecule has 0 spiro atoms. The molecule has 1 unspecified atom stereocenters. The Balaban J connectivity index is 1.78. The fraction of sp³-hybridized carbons (Fsp3) is 0.312. The van der Waals surface area contributed by atoms with Crippen LogP contribution in [0.3, 0.4) is 0 Å². The lowest BCUT2D eigenvalue weighted by atomic mass is 9.95. The Morgan fingerprint density at radius 3 is 2.70 bits per heavy atom. The van der Waals surface area contributed by atoms with E-state index < -0.39 is 0 Å². The first-order valence-corrected chi connectivity index (χ1v) is 7.48. The molecule has 0 aliphatic carbocycles. The minimum atomic E-state index is -0.252. The molecule has 1 aliphatic rings. The van der Waals surface area contributed by atoms with Crippen LogP contribution in [0.5, 0.6) is 0 Å². The molecule has 0 radical (unpaired) electrons. The van der Waals surface area contributed by atoms with E-state index in [2.05, 4.69) is 9.97 Å². The van der Waals surface area contributed by atoms with Crippen molar-refractivity contribution in [3.63, 3.8) is 0 Å². The fourth-order valence-electron chi connectivity index (χ4n) is 3.03. The minimum absolute atomic E-state index is 0.0135. The minimum Gasteiger partial charge on any atom is -0.382 e. The van der Waals surface area contributed by atoms with Gasteiger partial charge in [-0.3, -0.25) is 4.79 Å². The van der Waals surface area contributed by atoms with E-state index in [9.17, 15) is 9.18 Å². The molecule has 3 rings (SSSR count). The van der Waals surface area contributed by atoms with E-state index >= 15 is 0 Å². The second-order valence-corrected chi connectivity index (χ2v) is 5.63. The van der Waals surface area contributed by atoms with E-state index in [-0.39, 0.29) is 23.6 Å². The molecule has 0 fully saturated rings. The van der Waals surface area contributed by atoms with Crippen molar-refractivity contribution < 1.29 is 9.18 Å². The number of nitrogens with zero attached hydrogens (tertiary/aromatic N) is 3. The highest BCUT2D eigenvalue weighted by molar-refractivity contribution is 5.84. The number of aryl methyl sites for hydroxylation is 2. The number of aromatic nitrogens is 2. The molecule has 1 aromatic carbocycles. The number of anilines is 3. The van der Waals surface area contributed by atoms with Gasteiger partial charge in [0.15, 0.2) is 5.82 Å². The fourth-order valence-corrected chi connectivity index (χ4v) is 3.03. The van der Waals surface area contributed by atoms with Crippen LogP contribution in [0.15, 0.2) is 24.3 Å². The third kappa shape index (κ3) is 3.08. The number of hydrogen-bond acceptors (Lipinski definition) is 5. The molecular formula is C16H18FN5O. The van der Waals surface area contributed by atoms with Gasteiger partial charge in [-0.1, -0.05) is 12.1 Å². The SMILES string of the molecule is Nc1nc(N)c2c(n1)CCC(CCc1ccc(F)cc1)N2C=O. The van der Waals surface area contributed by atoms with Crippen LogP contribution in [-0.2, 0) is 17.6 Å². The maximum Gasteiger partial charge on any atom is 0.222 e. The summed E-state index contributed by atoms with van der Waals surface area (Å²) in [6.07, 6.45) is 3.75. The largest absolute Gasteiger partial charge is 0.382 e. The molecule has 1 aliphatic heterocycles. The Kier molecular flexibility index (Phi) is 4.10. The lowest BCUT2D eigenvalue weighted by molar-refractivity contribution is -0.108. The molecule has 0 bridgehead atoms. The summed E-state index contributed by atoms with van der Waals surface area (Å²) in [6.45, 7) is 0. The van der Waals surface area contributed by atoms with Crippen LogP contribution < -0.4 is 16.4 Å². The second kappa shape index (κ2) is 6.20. The zero-order valence-electron chi connectivity index (χ0n) is 12.6. The lowest BCUT2D eigenvalue weighted by Crippen LogP contribution is -2.40. The smallest absolute Gasteiger partial charge is 0.222 e. The van der Waals surface area contributed by atoms with Crippen molar-refractivity contribution in [1.82, 2.24) is 9.97 Å². The molecule has 4 N–H and O–H groups in total. The average molecular weight is 315 g/mol. The summed E-state index contributed by atoms with van der Waals surface area (Å²) < 4.78 is 12.9. The van der Waals surface area contributed by atoms with Crippen molar-refractivity contribution >= 4 is 23.9 Å². The quantitative estimate of drug-likeness (QED) is 0.837. The van der Waals surface area contributed by atoms with Crippen LogP contribution in [0.2, 0.25) is 0 Å². The summed E-state index contributed by atoms with van der Waals surface area (Å²) >= 11 is 0. The van der Waals surface area contributed by atoms with Gasteiger partial charge in [0.1, 0.15) is 11.5 Å². The Morgan fingerprint density at radius 2 is 2.00 bits per heavy atom. The maximum absolute atomic E-state index is 12.9. The van der Waals surface area contributed by atoms with Gasteiger partial charge >= 0.3 is 0 Å². The third-order valence-electron chi connectivity index (χ3n) is 4.16. The van der Waals surface area contributed by atoms with Crippen LogP contribution >= 0.6 is 0 Å². The molecule has 6 nitrogen and oxygen atoms in total. The van der Waals surface area contributed by atoms with Gasteiger partial charge in [-0.05, 0) is 43.4 Å². The second-order valence-electron chi connectivity index (χ2n) is 5.63. The molecular weight excluding hydrogens is 297 g/mol. The van der Waals surface area contributed by atoms with Gasteiger partial charge in [-0.2, -0.15) is 4.98 Å². The van der Waals surface area contributed by atoms with Gasteiger partial charge < -0.3 is 16.4 Å². The molecule has 1 aromatic heterocycles. The number of carbonyl (C=O) groups is 1. The number of nitrogens with two attached hydrogens (primary N) is 2. The molecule has 0 saturated heterocycles. The summed E-state index contributed by atoms with van der Waals surface area (Å²) in [7, 11) is 0. The molecule has 7 heteroatoms. The van der Waals surface area contributed by atoms with Gasteiger partial charge in [0.25, 0.3) is 0 Å². The van der Waals surface area contributed by atoms with Gasteiger partial charge in [0, 0.05) is 6.04 Å². The Morgan fingerprint density at radius 1 is 1.26 bits per heavy atom. The molecule has 120 valence electrons. The highest BCUT2D eigenvalue weighted by atomic mass is 19.1. The number of hydrogen-bond donors (Lipinski definition) is 2. The van der Waals surface area contributed by atoms with Crippen molar-refractivity contribution in [2.75, 3.05) is 16.4 Å². The monoisotopic (exact) mass is 315 g/mol. The van der Waals surface area contributed by atoms with E-state index in [4.69, 9.17) is 11.5 Å². The van der Waals surface area contributed by atoms with Crippen LogP contribution in [0, 0.1) is 5.82 Å². The van der Waals surface area contributed by atoms with E-state index in [1.165, 1.54) is 12.1 Å². The Bertz CT molecular complexity index is 719. The number of fused-ring (bicyclic) bond motifs is 1. The molecule has 1 atom stereocenters. The number of amides is 1. The van der Waals surface area contributed by atoms with E-state index in [1.54, 1.807) is 17.0 Å². The predicted molar refractivity (Wildman–Crippen MR) is 86.2 cm³/mol. The van der Waals surface area contributed by atoms with Crippen molar-refractivity contribution in [2.45, 2.75) is 31.7 Å². The summed E-state index contributed by atoms with van der Waals surface area (Å²) in [5.41, 5.74) is 13.8. The highest BCUT2D eigenvalue weighted by Gasteiger charge is 2.29. The summed E-state index contributed by atoms with van der Waals surface area (Å²) in [6, 6.07) is 6.42. The first kappa shape index (κ1) is 15.2. The summed E-state index contributed by atoms with van der Waals surface area (Å²) in [5, 5.41) is 0. The van der Waals surface area contributed by atoms with Crippen molar-refractivity contribution in [3.05, 3.63) is 41.3 Å². The Labute approximate surface area is 133 Å². The number of nitrogen functional groups attached to an aromatic ring is 2. The average Bonchev–Trinajstić information content (AvgIpc) is 2.53. The normalized spacial score (nSPS) is 16.9. The molecule has 1 amide bonds. The number of halogens is 1. The van der Waals surface area contributed by atoms with Crippen LogP contribution in [-0.4, -0.2) is 22.4 Å². The predicted octanol–water partition coefficient (Wildman–Crippen LogP) is 1.69. The summed E-state index contributed by atoms with van der Waals surface area (Å²) in [5.74, 6) is 0.0975. The molecule has 0 saturated carbocycles. The maximum atomic E-state index is 12.9. The van der Waals surface area contributed by atoms with Gasteiger partial charge in [0.05, 0.1) is 5.69 Å². The van der Waals surface area contributed by atoms with Gasteiger partial charge in [0.2, 0.25) is 12.4 Å². The lowest BCUT2D eigenvalue weighted by Gasteiger charge is -2.34. The van der Waals surface area contributed by atoms with E-state index in [0.717, 1.165) is 31.2 Å². The molecule has 23 heavy (non-hydrogen) atoms. The number of benzene rings is 1. The van der Waals surface area contributed by atoms with Crippen LogP contribution in [0.25, 0.3) is 0 Å². The van der Waals surface area contributed by atoms with Gasteiger partial charge in [-0.25, -0.2) is 9.37 Å². The van der Waals surface area contributed by atoms with E-state index in [0.29, 0.717) is 17.8 Å². The summed E-state index contributed by atoms with van der Waals surface area (Å²) in [4.78, 5) is 21.3. The third-order valence-corrected chi connectivity index (χ3v) is 4.16. The molecule has 2 aromatic rings. The topological polar surface area (TPSA) is 98.1 Å².